The lowest BCUT2D eigenvalue weighted by Gasteiger charge is -2.09. The smallest absolute Gasteiger partial charge is 0.132 e. The van der Waals surface area contributed by atoms with Gasteiger partial charge in [0.15, 0.2) is 0 Å². The molecule has 0 bridgehead atoms. The molecule has 1 aromatic rings. The Bertz CT molecular complexity index is 371. The highest BCUT2D eigenvalue weighted by Crippen LogP contribution is 2.28. The van der Waals surface area contributed by atoms with Gasteiger partial charge in [0.2, 0.25) is 0 Å². The molecule has 0 aliphatic rings. The Balaban J connectivity index is 3.35. The van der Waals surface area contributed by atoms with E-state index in [1.807, 2.05) is 0 Å². The van der Waals surface area contributed by atoms with E-state index in [1.165, 1.54) is 12.1 Å². The topological polar surface area (TPSA) is 70.0 Å². The lowest BCUT2D eigenvalue weighted by Crippen LogP contribution is -2.10. The first-order valence-corrected chi connectivity index (χ1v) is 3.71. The van der Waals surface area contributed by atoms with Crippen molar-refractivity contribution in [2.24, 2.45) is 5.73 Å². The van der Waals surface area contributed by atoms with Gasteiger partial charge in [-0.15, -0.1) is 0 Å². The van der Waals surface area contributed by atoms with Gasteiger partial charge in [-0.2, -0.15) is 5.26 Å². The Kier molecular flexibility index (Phi) is 2.49. The summed E-state index contributed by atoms with van der Waals surface area (Å²) in [5.41, 5.74) is 5.67. The van der Waals surface area contributed by atoms with Gasteiger partial charge in [-0.1, -0.05) is 6.07 Å². The van der Waals surface area contributed by atoms with Gasteiger partial charge in [-0.25, -0.2) is 4.39 Å². The van der Waals surface area contributed by atoms with Crippen LogP contribution in [0, 0.1) is 24.1 Å². The molecule has 1 rings (SSSR count). The van der Waals surface area contributed by atoms with Crippen molar-refractivity contribution in [3.63, 3.8) is 0 Å². The van der Waals surface area contributed by atoms with E-state index in [0.29, 0.717) is 5.56 Å². The minimum Gasteiger partial charge on any atom is -0.507 e. The number of phenols is 1. The molecule has 0 amide bonds. The second-order valence-electron chi connectivity index (χ2n) is 2.73. The summed E-state index contributed by atoms with van der Waals surface area (Å²) in [6.45, 7) is 1.61. The molecule has 3 nitrogen and oxygen atoms in total. The van der Waals surface area contributed by atoms with Crippen molar-refractivity contribution in [2.75, 3.05) is 0 Å². The first-order chi connectivity index (χ1) is 6.07. The summed E-state index contributed by atoms with van der Waals surface area (Å²) in [5, 5.41) is 17.9. The summed E-state index contributed by atoms with van der Waals surface area (Å²) in [5.74, 6) is -0.897. The average molecular weight is 180 g/mol. The lowest BCUT2D eigenvalue weighted by molar-refractivity contribution is 0.452. The van der Waals surface area contributed by atoms with Crippen molar-refractivity contribution in [3.05, 3.63) is 29.1 Å². The molecule has 1 atom stereocenters. The highest BCUT2D eigenvalue weighted by atomic mass is 19.1. The maximum atomic E-state index is 13.1. The van der Waals surface area contributed by atoms with Gasteiger partial charge in [0.05, 0.1) is 11.6 Å². The molecule has 0 fully saturated rings. The monoisotopic (exact) mass is 180 g/mol. The second-order valence-corrected chi connectivity index (χ2v) is 2.73. The molecular formula is C9H9FN2O. The van der Waals surface area contributed by atoms with E-state index < -0.39 is 11.9 Å². The summed E-state index contributed by atoms with van der Waals surface area (Å²) in [7, 11) is 0. The van der Waals surface area contributed by atoms with E-state index in [-0.39, 0.29) is 11.3 Å². The van der Waals surface area contributed by atoms with Crippen molar-refractivity contribution in [1.29, 1.82) is 5.26 Å². The minimum atomic E-state index is -1.13. The van der Waals surface area contributed by atoms with E-state index in [1.54, 1.807) is 13.0 Å². The van der Waals surface area contributed by atoms with Gasteiger partial charge in [-0.3, -0.25) is 0 Å². The molecule has 4 heteroatoms. The number of halogens is 1. The average Bonchev–Trinajstić information content (AvgIpc) is 2.12. The van der Waals surface area contributed by atoms with E-state index in [4.69, 9.17) is 11.0 Å². The number of benzene rings is 1. The molecule has 0 saturated carbocycles. The number of phenolic OH excluding ortho intramolecular Hbond substituents is 1. The van der Waals surface area contributed by atoms with E-state index in [2.05, 4.69) is 0 Å². The lowest BCUT2D eigenvalue weighted by atomic mass is 10.0. The van der Waals surface area contributed by atoms with Crippen LogP contribution in [-0.2, 0) is 0 Å². The Hall–Kier alpha value is -1.60. The predicted octanol–water partition coefficient (Wildman–Crippen LogP) is 1.36. The van der Waals surface area contributed by atoms with Crippen molar-refractivity contribution in [1.82, 2.24) is 0 Å². The van der Waals surface area contributed by atoms with Crippen LogP contribution < -0.4 is 5.73 Å². The molecule has 1 unspecified atom stereocenters. The largest absolute Gasteiger partial charge is 0.507 e. The molecule has 0 radical (unpaired) electrons. The molecule has 0 aliphatic heterocycles. The van der Waals surface area contributed by atoms with Crippen LogP contribution in [0.15, 0.2) is 12.1 Å². The maximum absolute atomic E-state index is 13.1. The molecule has 0 spiro atoms. The Morgan fingerprint density at radius 3 is 2.77 bits per heavy atom. The van der Waals surface area contributed by atoms with E-state index >= 15 is 0 Å². The van der Waals surface area contributed by atoms with Gasteiger partial charge < -0.3 is 10.8 Å². The first kappa shape index (κ1) is 9.49. The fourth-order valence-corrected chi connectivity index (χ4v) is 1.05. The normalized spacial score (nSPS) is 12.2. The number of aryl methyl sites for hydroxylation is 1. The van der Waals surface area contributed by atoms with Crippen LogP contribution in [0.25, 0.3) is 0 Å². The van der Waals surface area contributed by atoms with Crippen LogP contribution in [0.2, 0.25) is 0 Å². The zero-order valence-corrected chi connectivity index (χ0v) is 7.08. The number of nitriles is 1. The third kappa shape index (κ3) is 1.60. The van der Waals surface area contributed by atoms with Crippen LogP contribution >= 0.6 is 0 Å². The third-order valence-electron chi connectivity index (χ3n) is 1.82. The summed E-state index contributed by atoms with van der Waals surface area (Å²) in [4.78, 5) is 0. The summed E-state index contributed by atoms with van der Waals surface area (Å²) >= 11 is 0. The molecule has 0 aromatic heterocycles. The number of rotatable bonds is 1. The van der Waals surface area contributed by atoms with Gasteiger partial charge in [0.25, 0.3) is 0 Å². The van der Waals surface area contributed by atoms with E-state index in [0.717, 1.165) is 0 Å². The zero-order valence-electron chi connectivity index (χ0n) is 7.08. The SMILES string of the molecule is Cc1ccc(F)c(C(N)C#N)c1O. The van der Waals surface area contributed by atoms with Crippen LogP contribution in [0.1, 0.15) is 17.2 Å². The number of hydrogen-bond donors (Lipinski definition) is 2. The fraction of sp³-hybridized carbons (Fsp3) is 0.222. The predicted molar refractivity (Wildman–Crippen MR) is 45.3 cm³/mol. The number of hydrogen-bond acceptors (Lipinski definition) is 3. The molecule has 0 aliphatic carbocycles. The standard InChI is InChI=1S/C9H9FN2O/c1-5-2-3-6(10)8(9(5)13)7(12)4-11/h2-3,7,13H,12H2,1H3. The van der Waals surface area contributed by atoms with Gasteiger partial charge in [-0.05, 0) is 18.6 Å². The Labute approximate surface area is 75.2 Å². The summed E-state index contributed by atoms with van der Waals surface area (Å²) in [6.07, 6.45) is 0. The van der Waals surface area contributed by atoms with Gasteiger partial charge in [0.1, 0.15) is 17.6 Å². The summed E-state index contributed by atoms with van der Waals surface area (Å²) in [6, 6.07) is 3.15. The Morgan fingerprint density at radius 1 is 1.62 bits per heavy atom. The number of nitrogens with two attached hydrogens (primary N) is 1. The highest BCUT2D eigenvalue weighted by molar-refractivity contribution is 5.44. The van der Waals surface area contributed by atoms with Crippen LogP contribution in [0.4, 0.5) is 4.39 Å². The molecule has 0 heterocycles. The van der Waals surface area contributed by atoms with Crippen LogP contribution in [0.3, 0.4) is 0 Å². The number of aromatic hydroxyl groups is 1. The van der Waals surface area contributed by atoms with Crippen molar-refractivity contribution in [2.45, 2.75) is 13.0 Å². The van der Waals surface area contributed by atoms with Crippen molar-refractivity contribution < 1.29 is 9.50 Å². The molecule has 1 aromatic carbocycles. The molecular weight excluding hydrogens is 171 g/mol. The van der Waals surface area contributed by atoms with Crippen molar-refractivity contribution in [3.8, 4) is 11.8 Å². The number of nitrogens with zero attached hydrogens (tertiary/aromatic N) is 1. The Morgan fingerprint density at radius 2 is 2.23 bits per heavy atom. The quantitative estimate of drug-likeness (QED) is 0.685. The van der Waals surface area contributed by atoms with Crippen molar-refractivity contribution >= 4 is 0 Å². The highest BCUT2D eigenvalue weighted by Gasteiger charge is 2.16. The maximum Gasteiger partial charge on any atom is 0.132 e. The second kappa shape index (κ2) is 3.42. The molecule has 3 N–H and O–H groups in total. The van der Waals surface area contributed by atoms with Gasteiger partial charge in [0, 0.05) is 0 Å². The molecule has 13 heavy (non-hydrogen) atoms. The minimum absolute atomic E-state index is 0.137. The van der Waals surface area contributed by atoms with Gasteiger partial charge >= 0.3 is 0 Å². The van der Waals surface area contributed by atoms with E-state index in [9.17, 15) is 9.50 Å². The fourth-order valence-electron chi connectivity index (χ4n) is 1.05. The zero-order chi connectivity index (χ0) is 10.0. The molecule has 0 saturated heterocycles. The van der Waals surface area contributed by atoms with Crippen LogP contribution in [0.5, 0.6) is 5.75 Å². The molecule has 68 valence electrons. The summed E-state index contributed by atoms with van der Waals surface area (Å²) < 4.78 is 13.1. The first-order valence-electron chi connectivity index (χ1n) is 3.71. The van der Waals surface area contributed by atoms with Crippen LogP contribution in [-0.4, -0.2) is 5.11 Å². The third-order valence-corrected chi connectivity index (χ3v) is 1.82.